The SMILES string of the molecule is Cc1nc(C)n(C[C@@H]2CCCN2CCOc2ccc(C#N)cc2)n1. The molecule has 2 heterocycles. The minimum Gasteiger partial charge on any atom is -0.492 e. The number of nitrogens with zero attached hydrogens (tertiary/aromatic N) is 5. The van der Waals surface area contributed by atoms with Crippen molar-refractivity contribution in [2.24, 2.45) is 0 Å². The van der Waals surface area contributed by atoms with E-state index in [1.807, 2.05) is 30.7 Å². The minimum atomic E-state index is 0.495. The predicted molar refractivity (Wildman–Crippen MR) is 90.7 cm³/mol. The predicted octanol–water partition coefficient (Wildman–Crippen LogP) is 2.31. The van der Waals surface area contributed by atoms with Crippen molar-refractivity contribution in [3.8, 4) is 11.8 Å². The van der Waals surface area contributed by atoms with Gasteiger partial charge in [0.1, 0.15) is 24.0 Å². The summed E-state index contributed by atoms with van der Waals surface area (Å²) in [7, 11) is 0. The Hall–Kier alpha value is -2.39. The second kappa shape index (κ2) is 7.45. The molecule has 1 saturated heterocycles. The maximum atomic E-state index is 8.81. The van der Waals surface area contributed by atoms with Crippen LogP contribution >= 0.6 is 0 Å². The highest BCUT2D eigenvalue weighted by atomic mass is 16.5. The van der Waals surface area contributed by atoms with Gasteiger partial charge in [-0.1, -0.05) is 0 Å². The first kappa shape index (κ1) is 16.5. The van der Waals surface area contributed by atoms with Gasteiger partial charge in [-0.2, -0.15) is 10.4 Å². The molecular formula is C18H23N5O. The molecule has 6 nitrogen and oxygen atoms in total. The maximum absolute atomic E-state index is 8.81. The number of ether oxygens (including phenoxy) is 1. The number of aromatic nitrogens is 3. The summed E-state index contributed by atoms with van der Waals surface area (Å²) >= 11 is 0. The molecule has 1 aromatic carbocycles. The van der Waals surface area contributed by atoms with Crippen LogP contribution in [-0.2, 0) is 6.54 Å². The summed E-state index contributed by atoms with van der Waals surface area (Å²) in [5, 5.41) is 13.3. The molecule has 126 valence electrons. The van der Waals surface area contributed by atoms with Gasteiger partial charge >= 0.3 is 0 Å². The molecule has 1 atom stereocenters. The lowest BCUT2D eigenvalue weighted by molar-refractivity contribution is 0.181. The first-order valence-corrected chi connectivity index (χ1v) is 8.41. The number of hydrogen-bond acceptors (Lipinski definition) is 5. The van der Waals surface area contributed by atoms with E-state index in [0.717, 1.165) is 37.0 Å². The van der Waals surface area contributed by atoms with Crippen LogP contribution in [0.4, 0.5) is 0 Å². The minimum absolute atomic E-state index is 0.495. The average Bonchev–Trinajstić information content (AvgIpc) is 3.15. The second-order valence-corrected chi connectivity index (χ2v) is 6.21. The molecule has 0 unspecified atom stereocenters. The van der Waals surface area contributed by atoms with Crippen LogP contribution < -0.4 is 4.74 Å². The maximum Gasteiger partial charge on any atom is 0.147 e. The summed E-state index contributed by atoms with van der Waals surface area (Å²) in [6.07, 6.45) is 2.41. The summed E-state index contributed by atoms with van der Waals surface area (Å²) in [5.41, 5.74) is 0.653. The second-order valence-electron chi connectivity index (χ2n) is 6.21. The van der Waals surface area contributed by atoms with E-state index in [1.54, 1.807) is 12.1 Å². The zero-order chi connectivity index (χ0) is 16.9. The highest BCUT2D eigenvalue weighted by Gasteiger charge is 2.25. The lowest BCUT2D eigenvalue weighted by atomic mass is 10.2. The van der Waals surface area contributed by atoms with Crippen LogP contribution in [-0.4, -0.2) is 45.4 Å². The first-order chi connectivity index (χ1) is 11.7. The van der Waals surface area contributed by atoms with Crippen molar-refractivity contribution in [2.75, 3.05) is 19.7 Å². The van der Waals surface area contributed by atoms with Crippen LogP contribution in [0.2, 0.25) is 0 Å². The Balaban J connectivity index is 1.50. The van der Waals surface area contributed by atoms with E-state index in [9.17, 15) is 0 Å². The summed E-state index contributed by atoms with van der Waals surface area (Å²) in [6.45, 7) is 7.49. The molecule has 0 saturated carbocycles. The Bertz CT molecular complexity index is 716. The lowest BCUT2D eigenvalue weighted by Gasteiger charge is -2.24. The number of nitriles is 1. The molecule has 0 bridgehead atoms. The van der Waals surface area contributed by atoms with Gasteiger partial charge in [-0.05, 0) is 57.5 Å². The van der Waals surface area contributed by atoms with E-state index < -0.39 is 0 Å². The van der Waals surface area contributed by atoms with Crippen molar-refractivity contribution in [1.29, 1.82) is 5.26 Å². The fourth-order valence-electron chi connectivity index (χ4n) is 3.24. The zero-order valence-corrected chi connectivity index (χ0v) is 14.3. The van der Waals surface area contributed by atoms with Crippen LogP contribution in [0.1, 0.15) is 30.1 Å². The molecule has 6 heteroatoms. The summed E-state index contributed by atoms with van der Waals surface area (Å²) in [5.74, 6) is 2.63. The van der Waals surface area contributed by atoms with Gasteiger partial charge < -0.3 is 4.74 Å². The number of aryl methyl sites for hydroxylation is 2. The molecule has 0 radical (unpaired) electrons. The molecule has 24 heavy (non-hydrogen) atoms. The van der Waals surface area contributed by atoms with Crippen LogP contribution in [0, 0.1) is 25.2 Å². The van der Waals surface area contributed by atoms with E-state index >= 15 is 0 Å². The Labute approximate surface area is 142 Å². The molecule has 0 aliphatic carbocycles. The molecule has 3 rings (SSSR count). The Morgan fingerprint density at radius 1 is 1.29 bits per heavy atom. The van der Waals surface area contributed by atoms with Gasteiger partial charge in [0.15, 0.2) is 0 Å². The van der Waals surface area contributed by atoms with Gasteiger partial charge in [0.05, 0.1) is 18.2 Å². The number of likely N-dealkylation sites (tertiary alicyclic amines) is 1. The van der Waals surface area contributed by atoms with E-state index in [0.29, 0.717) is 18.2 Å². The fraction of sp³-hybridized carbons (Fsp3) is 0.500. The largest absolute Gasteiger partial charge is 0.492 e. The van der Waals surface area contributed by atoms with Crippen molar-refractivity contribution in [2.45, 2.75) is 39.3 Å². The zero-order valence-electron chi connectivity index (χ0n) is 14.3. The third-order valence-corrected chi connectivity index (χ3v) is 4.48. The Morgan fingerprint density at radius 3 is 2.75 bits per heavy atom. The van der Waals surface area contributed by atoms with Crippen molar-refractivity contribution >= 4 is 0 Å². The topological polar surface area (TPSA) is 67.0 Å². The van der Waals surface area contributed by atoms with E-state index in [2.05, 4.69) is 21.1 Å². The van der Waals surface area contributed by atoms with Crippen molar-refractivity contribution in [1.82, 2.24) is 19.7 Å². The number of hydrogen-bond donors (Lipinski definition) is 0. The fourth-order valence-corrected chi connectivity index (χ4v) is 3.24. The normalized spacial score (nSPS) is 17.8. The highest BCUT2D eigenvalue weighted by Crippen LogP contribution is 2.19. The van der Waals surface area contributed by atoms with Crippen LogP contribution in [0.25, 0.3) is 0 Å². The number of benzene rings is 1. The van der Waals surface area contributed by atoms with E-state index in [1.165, 1.54) is 12.8 Å². The van der Waals surface area contributed by atoms with Gasteiger partial charge in [-0.15, -0.1) is 0 Å². The molecular weight excluding hydrogens is 302 g/mol. The molecule has 1 aliphatic rings. The van der Waals surface area contributed by atoms with Crippen LogP contribution in [0.15, 0.2) is 24.3 Å². The molecule has 1 fully saturated rings. The highest BCUT2D eigenvalue weighted by molar-refractivity contribution is 5.34. The van der Waals surface area contributed by atoms with Crippen LogP contribution in [0.3, 0.4) is 0 Å². The third-order valence-electron chi connectivity index (χ3n) is 4.48. The lowest BCUT2D eigenvalue weighted by Crippen LogP contribution is -2.36. The molecule has 0 amide bonds. The van der Waals surface area contributed by atoms with Crippen molar-refractivity contribution in [3.63, 3.8) is 0 Å². The summed E-state index contributed by atoms with van der Waals surface area (Å²) < 4.78 is 7.82. The van der Waals surface area contributed by atoms with Gasteiger partial charge in [0, 0.05) is 12.6 Å². The summed E-state index contributed by atoms with van der Waals surface area (Å²) in [6, 6.07) is 9.87. The van der Waals surface area contributed by atoms with Crippen molar-refractivity contribution in [3.05, 3.63) is 41.5 Å². The quantitative estimate of drug-likeness (QED) is 0.815. The monoisotopic (exact) mass is 325 g/mol. The first-order valence-electron chi connectivity index (χ1n) is 8.41. The average molecular weight is 325 g/mol. The van der Waals surface area contributed by atoms with Gasteiger partial charge in [0.25, 0.3) is 0 Å². The van der Waals surface area contributed by atoms with Gasteiger partial charge in [-0.25, -0.2) is 9.67 Å². The molecule has 1 aliphatic heterocycles. The van der Waals surface area contributed by atoms with Crippen molar-refractivity contribution < 1.29 is 4.74 Å². The number of rotatable bonds is 6. The van der Waals surface area contributed by atoms with E-state index in [-0.39, 0.29) is 0 Å². The molecule has 1 aromatic heterocycles. The standard InChI is InChI=1S/C18H23N5O/c1-14-20-15(2)23(21-14)13-17-4-3-9-22(17)10-11-24-18-7-5-16(12-19)6-8-18/h5-8,17H,3-4,9-11,13H2,1-2H3/t17-/m0/s1. The van der Waals surface area contributed by atoms with Gasteiger partial charge in [0.2, 0.25) is 0 Å². The Kier molecular flexibility index (Phi) is 5.11. The molecule has 0 spiro atoms. The van der Waals surface area contributed by atoms with Gasteiger partial charge in [-0.3, -0.25) is 4.90 Å². The summed E-state index contributed by atoms with van der Waals surface area (Å²) in [4.78, 5) is 6.85. The molecule has 0 N–H and O–H groups in total. The Morgan fingerprint density at radius 2 is 2.08 bits per heavy atom. The van der Waals surface area contributed by atoms with E-state index in [4.69, 9.17) is 10.00 Å². The third kappa shape index (κ3) is 3.92. The molecule has 2 aromatic rings. The smallest absolute Gasteiger partial charge is 0.147 e. The van der Waals surface area contributed by atoms with Crippen LogP contribution in [0.5, 0.6) is 5.75 Å².